The molecule has 2 aliphatic rings. The van der Waals surface area contributed by atoms with Crippen molar-refractivity contribution in [1.29, 1.82) is 0 Å². The molecule has 3 heterocycles. The van der Waals surface area contributed by atoms with Crippen molar-refractivity contribution >= 4 is 11.3 Å². The molecular weight excluding hydrogens is 292 g/mol. The van der Waals surface area contributed by atoms with E-state index in [1.807, 2.05) is 6.92 Å². The Morgan fingerprint density at radius 1 is 1.09 bits per heavy atom. The fraction of sp³-hybridized carbons (Fsp3) is 0.882. The SMILES string of the molecule is Cc1nnc(CN2CCC(CCN3CCCC[C@H]3C)CC2)s1. The maximum Gasteiger partial charge on any atom is 0.131 e. The molecule has 22 heavy (non-hydrogen) atoms. The fourth-order valence-electron chi connectivity index (χ4n) is 3.86. The zero-order chi connectivity index (χ0) is 15.4. The molecular formula is C17H30N4S. The van der Waals surface area contributed by atoms with Gasteiger partial charge in [-0.3, -0.25) is 4.90 Å². The number of piperidine rings is 2. The Morgan fingerprint density at radius 3 is 2.59 bits per heavy atom. The van der Waals surface area contributed by atoms with Crippen molar-refractivity contribution in [2.75, 3.05) is 26.2 Å². The van der Waals surface area contributed by atoms with Gasteiger partial charge in [0.15, 0.2) is 0 Å². The fourth-order valence-corrected chi connectivity index (χ4v) is 4.62. The van der Waals surface area contributed by atoms with Gasteiger partial charge in [-0.05, 0) is 78.0 Å². The van der Waals surface area contributed by atoms with Crippen LogP contribution >= 0.6 is 11.3 Å². The van der Waals surface area contributed by atoms with Crippen LogP contribution in [0.3, 0.4) is 0 Å². The van der Waals surface area contributed by atoms with Gasteiger partial charge >= 0.3 is 0 Å². The molecule has 0 aromatic carbocycles. The summed E-state index contributed by atoms with van der Waals surface area (Å²) in [6.07, 6.45) is 8.36. The normalized spacial score (nSPS) is 25.6. The zero-order valence-electron chi connectivity index (χ0n) is 14.1. The van der Waals surface area contributed by atoms with Crippen LogP contribution in [0.25, 0.3) is 0 Å². The third-order valence-electron chi connectivity index (χ3n) is 5.40. The van der Waals surface area contributed by atoms with Crippen molar-refractivity contribution in [3.63, 3.8) is 0 Å². The Kier molecular flexibility index (Phi) is 5.83. The maximum atomic E-state index is 4.25. The second kappa shape index (κ2) is 7.84. The molecule has 0 unspecified atom stereocenters. The highest BCUT2D eigenvalue weighted by atomic mass is 32.1. The van der Waals surface area contributed by atoms with Crippen LogP contribution in [-0.4, -0.2) is 52.2 Å². The predicted molar refractivity (Wildman–Crippen MR) is 92.2 cm³/mol. The van der Waals surface area contributed by atoms with Crippen LogP contribution in [-0.2, 0) is 6.54 Å². The largest absolute Gasteiger partial charge is 0.301 e. The molecule has 0 N–H and O–H groups in total. The highest BCUT2D eigenvalue weighted by Gasteiger charge is 2.23. The molecule has 2 fully saturated rings. The Bertz CT molecular complexity index is 453. The molecule has 0 saturated carbocycles. The van der Waals surface area contributed by atoms with Crippen molar-refractivity contribution in [1.82, 2.24) is 20.0 Å². The lowest BCUT2D eigenvalue weighted by molar-refractivity contribution is 0.126. The van der Waals surface area contributed by atoms with E-state index >= 15 is 0 Å². The molecule has 1 atom stereocenters. The monoisotopic (exact) mass is 322 g/mol. The van der Waals surface area contributed by atoms with Gasteiger partial charge in [0.2, 0.25) is 0 Å². The molecule has 0 spiro atoms. The number of hydrogen-bond acceptors (Lipinski definition) is 5. The quantitative estimate of drug-likeness (QED) is 0.832. The van der Waals surface area contributed by atoms with Gasteiger partial charge < -0.3 is 4.90 Å². The van der Waals surface area contributed by atoms with E-state index in [1.54, 1.807) is 11.3 Å². The van der Waals surface area contributed by atoms with Gasteiger partial charge in [0.05, 0.1) is 6.54 Å². The molecule has 0 aliphatic carbocycles. The summed E-state index contributed by atoms with van der Waals surface area (Å²) >= 11 is 1.74. The number of aryl methyl sites for hydroxylation is 1. The number of likely N-dealkylation sites (tertiary alicyclic amines) is 2. The topological polar surface area (TPSA) is 32.3 Å². The van der Waals surface area contributed by atoms with E-state index in [-0.39, 0.29) is 0 Å². The van der Waals surface area contributed by atoms with Crippen molar-refractivity contribution in [2.45, 2.75) is 65.0 Å². The average molecular weight is 323 g/mol. The Balaban J connectivity index is 1.36. The van der Waals surface area contributed by atoms with Crippen molar-refractivity contribution in [3.05, 3.63) is 10.0 Å². The van der Waals surface area contributed by atoms with Crippen LogP contribution in [0.2, 0.25) is 0 Å². The van der Waals surface area contributed by atoms with Gasteiger partial charge in [0.1, 0.15) is 10.0 Å². The highest BCUT2D eigenvalue weighted by Crippen LogP contribution is 2.24. The van der Waals surface area contributed by atoms with E-state index in [0.717, 1.165) is 23.5 Å². The van der Waals surface area contributed by atoms with Crippen LogP contribution in [0, 0.1) is 12.8 Å². The lowest BCUT2D eigenvalue weighted by Gasteiger charge is -2.36. The molecule has 0 radical (unpaired) electrons. The van der Waals surface area contributed by atoms with E-state index in [4.69, 9.17) is 0 Å². The average Bonchev–Trinajstić information content (AvgIpc) is 2.93. The highest BCUT2D eigenvalue weighted by molar-refractivity contribution is 7.11. The lowest BCUT2D eigenvalue weighted by atomic mass is 9.92. The Morgan fingerprint density at radius 2 is 1.91 bits per heavy atom. The van der Waals surface area contributed by atoms with Gasteiger partial charge in [-0.2, -0.15) is 0 Å². The van der Waals surface area contributed by atoms with E-state index in [2.05, 4.69) is 26.9 Å². The Hall–Kier alpha value is -0.520. The second-order valence-corrected chi connectivity index (χ2v) is 8.37. The van der Waals surface area contributed by atoms with Crippen molar-refractivity contribution < 1.29 is 0 Å². The number of hydrogen-bond donors (Lipinski definition) is 0. The van der Waals surface area contributed by atoms with Crippen LogP contribution in [0.5, 0.6) is 0 Å². The molecule has 0 amide bonds. The van der Waals surface area contributed by atoms with E-state index < -0.39 is 0 Å². The molecule has 4 nitrogen and oxygen atoms in total. The third kappa shape index (κ3) is 4.49. The first-order valence-electron chi connectivity index (χ1n) is 8.96. The smallest absolute Gasteiger partial charge is 0.131 e. The summed E-state index contributed by atoms with van der Waals surface area (Å²) in [5.74, 6) is 0.932. The Labute approximate surface area is 138 Å². The first-order valence-corrected chi connectivity index (χ1v) is 9.78. The van der Waals surface area contributed by atoms with Crippen LogP contribution in [0.4, 0.5) is 0 Å². The molecule has 1 aromatic heterocycles. The zero-order valence-corrected chi connectivity index (χ0v) is 14.9. The van der Waals surface area contributed by atoms with Gasteiger partial charge in [-0.15, -0.1) is 21.5 Å². The van der Waals surface area contributed by atoms with E-state index in [1.165, 1.54) is 69.7 Å². The minimum atomic E-state index is 0.814. The van der Waals surface area contributed by atoms with Crippen LogP contribution < -0.4 is 0 Å². The van der Waals surface area contributed by atoms with Crippen molar-refractivity contribution in [2.24, 2.45) is 5.92 Å². The first kappa shape index (κ1) is 16.3. The van der Waals surface area contributed by atoms with E-state index in [9.17, 15) is 0 Å². The third-order valence-corrected chi connectivity index (χ3v) is 6.22. The molecule has 0 bridgehead atoms. The molecule has 5 heteroatoms. The molecule has 3 rings (SSSR count). The number of rotatable bonds is 5. The summed E-state index contributed by atoms with van der Waals surface area (Å²) in [7, 11) is 0. The van der Waals surface area contributed by atoms with Gasteiger partial charge in [-0.1, -0.05) is 6.42 Å². The lowest BCUT2D eigenvalue weighted by Crippen LogP contribution is -2.40. The molecule has 2 saturated heterocycles. The van der Waals surface area contributed by atoms with Crippen LogP contribution in [0.15, 0.2) is 0 Å². The van der Waals surface area contributed by atoms with Crippen LogP contribution in [0.1, 0.15) is 55.5 Å². The summed E-state index contributed by atoms with van der Waals surface area (Å²) in [5.41, 5.74) is 0. The summed E-state index contributed by atoms with van der Waals surface area (Å²) in [5, 5.41) is 10.6. The number of nitrogens with zero attached hydrogens (tertiary/aromatic N) is 4. The van der Waals surface area contributed by atoms with Gasteiger partial charge in [-0.25, -0.2) is 0 Å². The molecule has 124 valence electrons. The first-order chi connectivity index (χ1) is 10.7. The van der Waals surface area contributed by atoms with Gasteiger partial charge in [0.25, 0.3) is 0 Å². The summed E-state index contributed by atoms with van der Waals surface area (Å²) < 4.78 is 0. The van der Waals surface area contributed by atoms with E-state index in [0.29, 0.717) is 0 Å². The van der Waals surface area contributed by atoms with Gasteiger partial charge in [0, 0.05) is 6.04 Å². The molecule has 2 aliphatic heterocycles. The molecule has 1 aromatic rings. The summed E-state index contributed by atoms with van der Waals surface area (Å²) in [6.45, 7) is 10.6. The minimum Gasteiger partial charge on any atom is -0.301 e. The minimum absolute atomic E-state index is 0.814. The standard InChI is InChI=1S/C17H30N4S/c1-14-5-3-4-9-21(14)12-8-16-6-10-20(11-7-16)13-17-19-18-15(2)22-17/h14,16H,3-13H2,1-2H3/t14-/m1/s1. The number of aromatic nitrogens is 2. The second-order valence-electron chi connectivity index (χ2n) is 7.10. The summed E-state index contributed by atoms with van der Waals surface area (Å²) in [6, 6.07) is 0.814. The predicted octanol–water partition coefficient (Wildman–Crippen LogP) is 3.32. The van der Waals surface area contributed by atoms with Crippen molar-refractivity contribution in [3.8, 4) is 0 Å². The maximum absolute atomic E-state index is 4.25. The summed E-state index contributed by atoms with van der Waals surface area (Å²) in [4.78, 5) is 5.28.